The molecule has 0 aliphatic heterocycles. The van der Waals surface area contributed by atoms with Crippen LogP contribution in [0.5, 0.6) is 5.75 Å². The summed E-state index contributed by atoms with van der Waals surface area (Å²) in [6, 6.07) is 4.72. The maximum absolute atomic E-state index is 11.9. The molecule has 0 heterocycles. The third kappa shape index (κ3) is 7.07. The fourth-order valence-electron chi connectivity index (χ4n) is 1.69. The van der Waals surface area contributed by atoms with Crippen molar-refractivity contribution < 1.29 is 14.3 Å². The average molecular weight is 364 g/mol. The van der Waals surface area contributed by atoms with Gasteiger partial charge < -0.3 is 21.1 Å². The first-order valence-electron chi connectivity index (χ1n) is 7.01. The summed E-state index contributed by atoms with van der Waals surface area (Å²) in [6.45, 7) is 3.75. The zero-order valence-electron chi connectivity index (χ0n) is 13.4. The highest BCUT2D eigenvalue weighted by Gasteiger charge is 2.16. The van der Waals surface area contributed by atoms with Crippen molar-refractivity contribution in [2.75, 3.05) is 19.0 Å². The highest BCUT2D eigenvalue weighted by atomic mass is 35.5. The molecular formula is C15H23Cl2N3O3. The molecule has 2 unspecified atom stereocenters. The Kier molecular flexibility index (Phi) is 9.64. The van der Waals surface area contributed by atoms with Crippen molar-refractivity contribution in [3.05, 3.63) is 23.2 Å². The van der Waals surface area contributed by atoms with Crippen LogP contribution in [0.2, 0.25) is 5.02 Å². The monoisotopic (exact) mass is 363 g/mol. The van der Waals surface area contributed by atoms with Gasteiger partial charge in [-0.3, -0.25) is 9.59 Å². The number of nitrogens with two attached hydrogens (primary N) is 1. The van der Waals surface area contributed by atoms with E-state index >= 15 is 0 Å². The van der Waals surface area contributed by atoms with E-state index in [9.17, 15) is 9.59 Å². The van der Waals surface area contributed by atoms with Crippen LogP contribution in [-0.4, -0.2) is 31.5 Å². The topological polar surface area (TPSA) is 93.5 Å². The second kappa shape index (κ2) is 10.3. The van der Waals surface area contributed by atoms with Crippen molar-refractivity contribution in [1.82, 2.24) is 5.32 Å². The molecule has 0 aliphatic carbocycles. The number of halogens is 2. The van der Waals surface area contributed by atoms with Crippen LogP contribution >= 0.6 is 24.0 Å². The molecule has 6 nitrogen and oxygen atoms in total. The summed E-state index contributed by atoms with van der Waals surface area (Å²) >= 11 is 5.89. The first kappa shape index (κ1) is 21.5. The molecule has 0 bridgehead atoms. The van der Waals surface area contributed by atoms with Crippen molar-refractivity contribution in [1.29, 1.82) is 0 Å². The van der Waals surface area contributed by atoms with Crippen LogP contribution in [0.3, 0.4) is 0 Å². The maximum Gasteiger partial charge on any atom is 0.226 e. The number of ether oxygens (including phenoxy) is 1. The minimum Gasteiger partial charge on any atom is -0.495 e. The van der Waals surface area contributed by atoms with Crippen molar-refractivity contribution >= 4 is 41.5 Å². The summed E-state index contributed by atoms with van der Waals surface area (Å²) in [7, 11) is 1.51. The Morgan fingerprint density at radius 3 is 2.57 bits per heavy atom. The normalized spacial score (nSPS) is 12.6. The number of methoxy groups -OCH3 is 1. The van der Waals surface area contributed by atoms with Crippen molar-refractivity contribution in [2.24, 2.45) is 11.7 Å². The van der Waals surface area contributed by atoms with E-state index in [4.69, 9.17) is 22.1 Å². The molecule has 130 valence electrons. The quantitative estimate of drug-likeness (QED) is 0.692. The van der Waals surface area contributed by atoms with E-state index in [-0.39, 0.29) is 49.1 Å². The Morgan fingerprint density at radius 2 is 2.00 bits per heavy atom. The van der Waals surface area contributed by atoms with Crippen LogP contribution in [0.4, 0.5) is 5.69 Å². The van der Waals surface area contributed by atoms with Crippen molar-refractivity contribution in [3.63, 3.8) is 0 Å². The van der Waals surface area contributed by atoms with Gasteiger partial charge >= 0.3 is 0 Å². The first-order chi connectivity index (χ1) is 10.3. The minimum atomic E-state index is -0.295. The Hall–Kier alpha value is -1.50. The number of benzene rings is 1. The van der Waals surface area contributed by atoms with E-state index in [0.29, 0.717) is 16.5 Å². The zero-order valence-corrected chi connectivity index (χ0v) is 15.0. The number of rotatable bonds is 7. The van der Waals surface area contributed by atoms with Crippen LogP contribution in [0.1, 0.15) is 20.3 Å². The van der Waals surface area contributed by atoms with Gasteiger partial charge in [0.15, 0.2) is 0 Å². The lowest BCUT2D eigenvalue weighted by Crippen LogP contribution is -2.39. The molecule has 0 spiro atoms. The molecule has 2 amide bonds. The zero-order chi connectivity index (χ0) is 16.7. The number of hydrogen-bond acceptors (Lipinski definition) is 4. The van der Waals surface area contributed by atoms with Gasteiger partial charge in [0.2, 0.25) is 11.8 Å². The SMILES string of the molecule is COc1ccc(Cl)cc1NC(=O)CCNC(=O)C(C)C(C)N.Cl. The molecule has 0 saturated carbocycles. The molecule has 0 fully saturated rings. The number of hydrogen-bond donors (Lipinski definition) is 3. The summed E-state index contributed by atoms with van der Waals surface area (Å²) in [5.41, 5.74) is 6.15. The summed E-state index contributed by atoms with van der Waals surface area (Å²) < 4.78 is 5.14. The average Bonchev–Trinajstić information content (AvgIpc) is 2.46. The van der Waals surface area contributed by atoms with Gasteiger partial charge in [0, 0.05) is 29.9 Å². The number of carbonyl (C=O) groups excluding carboxylic acids is 2. The molecule has 1 aromatic carbocycles. The molecular weight excluding hydrogens is 341 g/mol. The summed E-state index contributed by atoms with van der Waals surface area (Å²) in [5.74, 6) is -0.180. The van der Waals surface area contributed by atoms with E-state index in [1.165, 1.54) is 7.11 Å². The smallest absolute Gasteiger partial charge is 0.226 e. The molecule has 0 aromatic heterocycles. The lowest BCUT2D eigenvalue weighted by Gasteiger charge is -2.15. The van der Waals surface area contributed by atoms with E-state index in [1.54, 1.807) is 32.0 Å². The highest BCUT2D eigenvalue weighted by molar-refractivity contribution is 6.31. The fourth-order valence-corrected chi connectivity index (χ4v) is 1.86. The maximum atomic E-state index is 11.9. The van der Waals surface area contributed by atoms with Gasteiger partial charge in [-0.2, -0.15) is 0 Å². The number of amides is 2. The van der Waals surface area contributed by atoms with Gasteiger partial charge in [0.25, 0.3) is 0 Å². The van der Waals surface area contributed by atoms with Gasteiger partial charge in [-0.25, -0.2) is 0 Å². The summed E-state index contributed by atoms with van der Waals surface area (Å²) in [6.07, 6.45) is 0.146. The van der Waals surface area contributed by atoms with Crippen LogP contribution in [0.15, 0.2) is 18.2 Å². The summed E-state index contributed by atoms with van der Waals surface area (Å²) in [4.78, 5) is 23.6. The molecule has 1 aromatic rings. The molecule has 4 N–H and O–H groups in total. The molecule has 1 rings (SSSR count). The van der Waals surface area contributed by atoms with Crippen LogP contribution in [0, 0.1) is 5.92 Å². The number of carbonyl (C=O) groups is 2. The molecule has 0 aliphatic rings. The van der Waals surface area contributed by atoms with E-state index in [0.717, 1.165) is 0 Å². The van der Waals surface area contributed by atoms with Crippen molar-refractivity contribution in [3.8, 4) is 5.75 Å². The lowest BCUT2D eigenvalue weighted by atomic mass is 10.0. The largest absolute Gasteiger partial charge is 0.495 e. The predicted octanol–water partition coefficient (Wildman–Crippen LogP) is 2.20. The third-order valence-corrected chi connectivity index (χ3v) is 3.52. The van der Waals surface area contributed by atoms with E-state index in [1.807, 2.05) is 0 Å². The molecule has 23 heavy (non-hydrogen) atoms. The minimum absolute atomic E-state index is 0. The third-order valence-electron chi connectivity index (χ3n) is 3.29. The van der Waals surface area contributed by atoms with Gasteiger partial charge in [0.1, 0.15) is 5.75 Å². The fraction of sp³-hybridized carbons (Fsp3) is 0.467. The Labute approximate surface area is 147 Å². The highest BCUT2D eigenvalue weighted by Crippen LogP contribution is 2.27. The van der Waals surface area contributed by atoms with E-state index < -0.39 is 0 Å². The van der Waals surface area contributed by atoms with Crippen molar-refractivity contribution in [2.45, 2.75) is 26.3 Å². The first-order valence-corrected chi connectivity index (χ1v) is 7.39. The standard InChI is InChI=1S/C15H22ClN3O3.ClH/c1-9(10(2)17)15(21)18-7-6-14(20)19-12-8-11(16)4-5-13(12)22-3;/h4-5,8-10H,6-7,17H2,1-3H3,(H,18,21)(H,19,20);1H. The number of nitrogens with one attached hydrogen (secondary N) is 2. The second-order valence-electron chi connectivity index (χ2n) is 5.08. The summed E-state index contributed by atoms with van der Waals surface area (Å²) in [5, 5.41) is 5.88. The van der Waals surface area contributed by atoms with Gasteiger partial charge in [-0.15, -0.1) is 12.4 Å². The lowest BCUT2D eigenvalue weighted by molar-refractivity contribution is -0.125. The van der Waals surface area contributed by atoms with Gasteiger partial charge in [-0.05, 0) is 25.1 Å². The van der Waals surface area contributed by atoms with Crippen LogP contribution < -0.4 is 21.1 Å². The number of anilines is 1. The van der Waals surface area contributed by atoms with Crippen LogP contribution in [0.25, 0.3) is 0 Å². The van der Waals surface area contributed by atoms with Crippen LogP contribution in [-0.2, 0) is 9.59 Å². The van der Waals surface area contributed by atoms with Gasteiger partial charge in [-0.1, -0.05) is 18.5 Å². The Balaban J connectivity index is 0.00000484. The molecule has 8 heteroatoms. The molecule has 2 atom stereocenters. The second-order valence-corrected chi connectivity index (χ2v) is 5.52. The molecule has 0 radical (unpaired) electrons. The Morgan fingerprint density at radius 1 is 1.35 bits per heavy atom. The Bertz CT molecular complexity index is 539. The predicted molar refractivity (Wildman–Crippen MR) is 94.3 cm³/mol. The molecule has 0 saturated heterocycles. The van der Waals surface area contributed by atoms with E-state index in [2.05, 4.69) is 10.6 Å². The van der Waals surface area contributed by atoms with Gasteiger partial charge in [0.05, 0.1) is 12.8 Å².